The summed E-state index contributed by atoms with van der Waals surface area (Å²) in [6, 6.07) is 19.7. The van der Waals surface area contributed by atoms with Crippen LogP contribution in [0.4, 0.5) is 5.69 Å². The van der Waals surface area contributed by atoms with Gasteiger partial charge >= 0.3 is 0 Å². The van der Waals surface area contributed by atoms with Gasteiger partial charge in [0.2, 0.25) is 11.8 Å². The highest BCUT2D eigenvalue weighted by Crippen LogP contribution is 2.33. The molecule has 3 aromatic rings. The van der Waals surface area contributed by atoms with Crippen LogP contribution in [0.5, 0.6) is 0 Å². The van der Waals surface area contributed by atoms with Gasteiger partial charge in [-0.05, 0) is 69.0 Å². The topological polar surface area (TPSA) is 86.8 Å². The van der Waals surface area contributed by atoms with Crippen molar-refractivity contribution in [1.82, 2.24) is 10.2 Å². The van der Waals surface area contributed by atoms with Crippen molar-refractivity contribution in [2.45, 2.75) is 62.9 Å². The summed E-state index contributed by atoms with van der Waals surface area (Å²) < 4.78 is 28.9. The molecule has 0 aromatic heterocycles. The number of hydrogen-bond acceptors (Lipinski definition) is 4. The van der Waals surface area contributed by atoms with Crippen molar-refractivity contribution < 1.29 is 18.0 Å². The van der Waals surface area contributed by atoms with Crippen LogP contribution in [0.3, 0.4) is 0 Å². The van der Waals surface area contributed by atoms with Crippen LogP contribution in [0.2, 0.25) is 10.0 Å². The van der Waals surface area contributed by atoms with Gasteiger partial charge in [0.15, 0.2) is 0 Å². The molecule has 3 aromatic carbocycles. The van der Waals surface area contributed by atoms with Crippen LogP contribution in [0.15, 0.2) is 77.7 Å². The van der Waals surface area contributed by atoms with Crippen molar-refractivity contribution in [3.63, 3.8) is 0 Å². The van der Waals surface area contributed by atoms with E-state index in [4.69, 9.17) is 23.2 Å². The van der Waals surface area contributed by atoms with Crippen LogP contribution in [-0.4, -0.2) is 50.3 Å². The van der Waals surface area contributed by atoms with Crippen molar-refractivity contribution in [2.75, 3.05) is 17.4 Å². The summed E-state index contributed by atoms with van der Waals surface area (Å²) in [5.74, 6) is -0.784. The summed E-state index contributed by atoms with van der Waals surface area (Å²) in [6.07, 6.45) is 4.43. The van der Waals surface area contributed by atoms with Gasteiger partial charge < -0.3 is 10.2 Å². The first kappa shape index (κ1) is 30.9. The van der Waals surface area contributed by atoms with E-state index < -0.39 is 28.5 Å². The average Bonchev–Trinajstić information content (AvgIpc) is 3.47. The second kappa shape index (κ2) is 13.7. The largest absolute Gasteiger partial charge is 0.352 e. The summed E-state index contributed by atoms with van der Waals surface area (Å²) in [4.78, 5) is 28.8. The van der Waals surface area contributed by atoms with Gasteiger partial charge in [-0.25, -0.2) is 8.42 Å². The van der Waals surface area contributed by atoms with Gasteiger partial charge in [0, 0.05) is 17.6 Å². The second-order valence-electron chi connectivity index (χ2n) is 10.4. The lowest BCUT2D eigenvalue weighted by molar-refractivity contribution is -0.139. The zero-order valence-electron chi connectivity index (χ0n) is 23.2. The van der Waals surface area contributed by atoms with Gasteiger partial charge in [-0.3, -0.25) is 13.9 Å². The fourth-order valence-corrected chi connectivity index (χ4v) is 6.85. The fraction of sp³-hybridized carbons (Fsp3) is 0.355. The van der Waals surface area contributed by atoms with Crippen LogP contribution < -0.4 is 9.62 Å². The van der Waals surface area contributed by atoms with E-state index >= 15 is 0 Å². The summed E-state index contributed by atoms with van der Waals surface area (Å²) in [5, 5.41) is 3.47. The SMILES string of the molecule is Cc1ccc(S(=O)(=O)N(CC(=O)N(CCc2ccccc2)[C@@H](C)C(=O)NC2CCCC2)c2cc(Cl)ccc2Cl)cc1. The van der Waals surface area contributed by atoms with Gasteiger partial charge in [-0.15, -0.1) is 0 Å². The van der Waals surface area contributed by atoms with E-state index in [2.05, 4.69) is 5.32 Å². The maximum absolute atomic E-state index is 14.0. The first-order valence-electron chi connectivity index (χ1n) is 13.7. The van der Waals surface area contributed by atoms with E-state index in [0.717, 1.165) is 41.1 Å². The van der Waals surface area contributed by atoms with E-state index in [-0.39, 0.29) is 39.1 Å². The smallest absolute Gasteiger partial charge is 0.264 e. The number of carbonyl (C=O) groups excluding carboxylic acids is 2. The Morgan fingerprint density at radius 1 is 0.976 bits per heavy atom. The number of carbonyl (C=O) groups is 2. The molecule has 0 unspecified atom stereocenters. The predicted octanol–water partition coefficient (Wildman–Crippen LogP) is 6.02. The summed E-state index contributed by atoms with van der Waals surface area (Å²) in [5.41, 5.74) is 1.97. The molecule has 0 heterocycles. The molecule has 0 radical (unpaired) electrons. The Labute approximate surface area is 252 Å². The van der Waals surface area contributed by atoms with Crippen molar-refractivity contribution in [3.05, 3.63) is 94.0 Å². The third kappa shape index (κ3) is 7.82. The minimum absolute atomic E-state index is 0.00908. The molecule has 0 saturated heterocycles. The molecule has 1 aliphatic rings. The number of halogens is 2. The Bertz CT molecular complexity index is 1460. The third-order valence-electron chi connectivity index (χ3n) is 7.42. The van der Waals surface area contributed by atoms with E-state index in [1.165, 1.54) is 29.2 Å². The highest BCUT2D eigenvalue weighted by Gasteiger charge is 2.34. The molecule has 218 valence electrons. The Balaban J connectivity index is 1.67. The van der Waals surface area contributed by atoms with Crippen molar-refractivity contribution in [2.24, 2.45) is 0 Å². The Morgan fingerprint density at radius 3 is 2.29 bits per heavy atom. The minimum atomic E-state index is -4.23. The zero-order chi connectivity index (χ0) is 29.6. The number of hydrogen-bond donors (Lipinski definition) is 1. The standard InChI is InChI=1S/C31H35Cl2N3O4S/c1-22-12-15-27(16-13-22)41(39,40)36(29-20-25(32)14-17-28(29)33)21-30(37)35(19-18-24-8-4-3-5-9-24)23(2)31(38)34-26-10-6-7-11-26/h3-5,8-9,12-17,20,23,26H,6-7,10-11,18-19,21H2,1-2H3,(H,34,38)/t23-/m0/s1. The molecule has 4 rings (SSSR count). The van der Waals surface area contributed by atoms with E-state index in [1.807, 2.05) is 37.3 Å². The lowest BCUT2D eigenvalue weighted by Gasteiger charge is -2.32. The maximum Gasteiger partial charge on any atom is 0.264 e. The molecule has 7 nitrogen and oxygen atoms in total. The van der Waals surface area contributed by atoms with Crippen LogP contribution in [-0.2, 0) is 26.0 Å². The first-order valence-corrected chi connectivity index (χ1v) is 15.9. The number of benzene rings is 3. The van der Waals surface area contributed by atoms with Crippen molar-refractivity contribution in [1.29, 1.82) is 0 Å². The number of amides is 2. The van der Waals surface area contributed by atoms with Gasteiger partial charge in [0.25, 0.3) is 10.0 Å². The van der Waals surface area contributed by atoms with Crippen LogP contribution >= 0.6 is 23.2 Å². The van der Waals surface area contributed by atoms with Crippen LogP contribution in [0, 0.1) is 6.92 Å². The van der Waals surface area contributed by atoms with E-state index in [9.17, 15) is 18.0 Å². The number of aryl methyl sites for hydroxylation is 1. The highest BCUT2D eigenvalue weighted by molar-refractivity contribution is 7.92. The number of nitrogens with zero attached hydrogens (tertiary/aromatic N) is 2. The molecule has 0 bridgehead atoms. The van der Waals surface area contributed by atoms with Gasteiger partial charge in [0.05, 0.1) is 15.6 Å². The molecule has 1 N–H and O–H groups in total. The molecular formula is C31H35Cl2N3O4S. The minimum Gasteiger partial charge on any atom is -0.352 e. The first-order chi connectivity index (χ1) is 19.6. The van der Waals surface area contributed by atoms with E-state index in [1.54, 1.807) is 25.1 Å². The number of rotatable bonds is 11. The number of anilines is 1. The molecule has 0 aliphatic heterocycles. The van der Waals surface area contributed by atoms with Crippen LogP contribution in [0.1, 0.15) is 43.7 Å². The Morgan fingerprint density at radius 2 is 1.63 bits per heavy atom. The molecule has 1 fully saturated rings. The summed E-state index contributed by atoms with van der Waals surface area (Å²) >= 11 is 12.7. The van der Waals surface area contributed by atoms with Crippen molar-refractivity contribution >= 4 is 50.7 Å². The summed E-state index contributed by atoms with van der Waals surface area (Å²) in [6.45, 7) is 3.20. The number of nitrogens with one attached hydrogen (secondary N) is 1. The van der Waals surface area contributed by atoms with Crippen molar-refractivity contribution in [3.8, 4) is 0 Å². The maximum atomic E-state index is 14.0. The molecule has 0 spiro atoms. The fourth-order valence-electron chi connectivity index (χ4n) is 4.99. The molecule has 1 atom stereocenters. The van der Waals surface area contributed by atoms with Gasteiger partial charge in [-0.2, -0.15) is 0 Å². The van der Waals surface area contributed by atoms with Crippen LogP contribution in [0.25, 0.3) is 0 Å². The second-order valence-corrected chi connectivity index (χ2v) is 13.1. The lowest BCUT2D eigenvalue weighted by atomic mass is 10.1. The molecule has 41 heavy (non-hydrogen) atoms. The zero-order valence-corrected chi connectivity index (χ0v) is 25.6. The molecule has 1 aliphatic carbocycles. The molecule has 10 heteroatoms. The highest BCUT2D eigenvalue weighted by atomic mass is 35.5. The average molecular weight is 617 g/mol. The monoisotopic (exact) mass is 615 g/mol. The molecule has 1 saturated carbocycles. The molecule has 2 amide bonds. The number of sulfonamides is 1. The molecular weight excluding hydrogens is 581 g/mol. The van der Waals surface area contributed by atoms with E-state index in [0.29, 0.717) is 6.42 Å². The lowest BCUT2D eigenvalue weighted by Crippen LogP contribution is -2.53. The summed E-state index contributed by atoms with van der Waals surface area (Å²) in [7, 11) is -4.23. The van der Waals surface area contributed by atoms with Gasteiger partial charge in [-0.1, -0.05) is 84.1 Å². The quantitative estimate of drug-likeness (QED) is 0.286. The Kier molecular flexibility index (Phi) is 10.3. The Hall–Kier alpha value is -3.07. The normalized spacial score (nSPS) is 14.4. The third-order valence-corrected chi connectivity index (χ3v) is 9.75. The van der Waals surface area contributed by atoms with Gasteiger partial charge in [0.1, 0.15) is 12.6 Å². The predicted molar refractivity (Wildman–Crippen MR) is 164 cm³/mol.